The van der Waals surface area contributed by atoms with Gasteiger partial charge in [0.1, 0.15) is 5.69 Å². The van der Waals surface area contributed by atoms with Gasteiger partial charge in [-0.15, -0.1) is 0 Å². The van der Waals surface area contributed by atoms with Crippen LogP contribution in [-0.2, 0) is 0 Å². The Morgan fingerprint density at radius 2 is 2.30 bits per heavy atom. The molecule has 2 rings (SSSR count). The highest BCUT2D eigenvalue weighted by molar-refractivity contribution is 5.98. The van der Waals surface area contributed by atoms with E-state index in [9.17, 15) is 4.79 Å². The number of aromatic nitrogens is 1. The molecule has 6 heteroatoms. The van der Waals surface area contributed by atoms with Crippen LogP contribution >= 0.6 is 0 Å². The van der Waals surface area contributed by atoms with Gasteiger partial charge in [0, 0.05) is 24.8 Å². The molecule has 1 aliphatic rings. The molecule has 20 heavy (non-hydrogen) atoms. The second-order valence-corrected chi connectivity index (χ2v) is 5.46. The van der Waals surface area contributed by atoms with Crippen molar-refractivity contribution in [3.63, 3.8) is 0 Å². The topological polar surface area (TPSA) is 91.8 Å². The quantitative estimate of drug-likeness (QED) is 0.376. The van der Waals surface area contributed by atoms with Crippen LogP contribution in [0.2, 0.25) is 0 Å². The third-order valence-electron chi connectivity index (χ3n) is 3.84. The number of likely N-dealkylation sites (tertiary alicyclic amines) is 1. The van der Waals surface area contributed by atoms with Crippen molar-refractivity contribution >= 4 is 11.7 Å². The highest BCUT2D eigenvalue weighted by atomic mass is 16.4. The van der Waals surface area contributed by atoms with E-state index in [1.54, 1.807) is 12.1 Å². The molecular formula is C14H20N4O2. The predicted molar refractivity (Wildman–Crippen MR) is 75.6 cm³/mol. The Kier molecular flexibility index (Phi) is 4.22. The van der Waals surface area contributed by atoms with Crippen LogP contribution in [0.25, 0.3) is 0 Å². The lowest BCUT2D eigenvalue weighted by Crippen LogP contribution is -2.30. The van der Waals surface area contributed by atoms with E-state index in [-0.39, 0.29) is 11.7 Å². The Balaban J connectivity index is 2.07. The third kappa shape index (κ3) is 2.89. The van der Waals surface area contributed by atoms with E-state index in [0.29, 0.717) is 23.1 Å². The van der Waals surface area contributed by atoms with E-state index in [1.165, 1.54) is 6.20 Å². The van der Waals surface area contributed by atoms with Gasteiger partial charge < -0.3 is 15.8 Å². The van der Waals surface area contributed by atoms with Crippen molar-refractivity contribution in [1.29, 1.82) is 0 Å². The molecule has 1 aliphatic heterocycles. The number of oxime groups is 1. The first kappa shape index (κ1) is 14.3. The number of hydrogen-bond acceptors (Lipinski definition) is 4. The molecule has 1 aromatic heterocycles. The van der Waals surface area contributed by atoms with Crippen molar-refractivity contribution in [3.8, 4) is 0 Å². The van der Waals surface area contributed by atoms with E-state index in [1.807, 2.05) is 4.90 Å². The minimum Gasteiger partial charge on any atom is -0.409 e. The normalized spacial score (nSPS) is 19.6. The van der Waals surface area contributed by atoms with Crippen molar-refractivity contribution in [2.45, 2.75) is 20.3 Å². The predicted octanol–water partition coefficient (Wildman–Crippen LogP) is 1.29. The highest BCUT2D eigenvalue weighted by Gasteiger charge is 2.29. The van der Waals surface area contributed by atoms with Gasteiger partial charge in [0.25, 0.3) is 5.91 Å². The lowest BCUT2D eigenvalue weighted by Gasteiger charge is -2.17. The molecule has 0 bridgehead atoms. The van der Waals surface area contributed by atoms with Crippen LogP contribution in [0.3, 0.4) is 0 Å². The van der Waals surface area contributed by atoms with Crippen molar-refractivity contribution in [1.82, 2.24) is 9.88 Å². The molecule has 6 nitrogen and oxygen atoms in total. The van der Waals surface area contributed by atoms with Crippen LogP contribution in [0.15, 0.2) is 23.5 Å². The van der Waals surface area contributed by atoms with E-state index in [4.69, 9.17) is 10.9 Å². The van der Waals surface area contributed by atoms with Gasteiger partial charge in [-0.25, -0.2) is 0 Å². The smallest absolute Gasteiger partial charge is 0.272 e. The molecule has 0 saturated carbocycles. The summed E-state index contributed by atoms with van der Waals surface area (Å²) in [5, 5.41) is 11.5. The van der Waals surface area contributed by atoms with Crippen LogP contribution in [-0.4, -0.2) is 39.9 Å². The van der Waals surface area contributed by atoms with Crippen LogP contribution < -0.4 is 5.73 Å². The van der Waals surface area contributed by atoms with E-state index < -0.39 is 0 Å². The fraction of sp³-hybridized carbons (Fsp3) is 0.500. The van der Waals surface area contributed by atoms with Crippen LogP contribution in [0.5, 0.6) is 0 Å². The van der Waals surface area contributed by atoms with Crippen LogP contribution in [0.1, 0.15) is 36.3 Å². The van der Waals surface area contributed by atoms with Gasteiger partial charge in [-0.2, -0.15) is 0 Å². The summed E-state index contributed by atoms with van der Waals surface area (Å²) >= 11 is 0. The number of pyridine rings is 1. The largest absolute Gasteiger partial charge is 0.409 e. The summed E-state index contributed by atoms with van der Waals surface area (Å²) in [7, 11) is 0. The van der Waals surface area contributed by atoms with Gasteiger partial charge in [0.2, 0.25) is 0 Å². The lowest BCUT2D eigenvalue weighted by molar-refractivity contribution is 0.0778. The molecule has 1 amide bonds. The van der Waals surface area contributed by atoms with Crippen molar-refractivity contribution < 1.29 is 10.0 Å². The molecule has 1 fully saturated rings. The molecule has 1 saturated heterocycles. The molecule has 1 unspecified atom stereocenters. The number of nitrogens with two attached hydrogens (primary N) is 1. The van der Waals surface area contributed by atoms with E-state index in [0.717, 1.165) is 19.5 Å². The number of nitrogens with zero attached hydrogens (tertiary/aromatic N) is 3. The maximum absolute atomic E-state index is 12.3. The lowest BCUT2D eigenvalue weighted by atomic mass is 9.95. The zero-order chi connectivity index (χ0) is 14.7. The Morgan fingerprint density at radius 3 is 2.80 bits per heavy atom. The first-order chi connectivity index (χ1) is 9.52. The zero-order valence-corrected chi connectivity index (χ0v) is 11.8. The Bertz CT molecular complexity index is 510. The van der Waals surface area contributed by atoms with Crippen LogP contribution in [0, 0.1) is 11.8 Å². The number of carbonyl (C=O) groups excluding carboxylic acids is 1. The summed E-state index contributed by atoms with van der Waals surface area (Å²) in [6, 6.07) is 3.24. The first-order valence-corrected chi connectivity index (χ1v) is 6.76. The summed E-state index contributed by atoms with van der Waals surface area (Å²) in [4.78, 5) is 18.3. The van der Waals surface area contributed by atoms with E-state index in [2.05, 4.69) is 24.0 Å². The number of carbonyl (C=O) groups is 1. The minimum absolute atomic E-state index is 0.0162. The van der Waals surface area contributed by atoms with E-state index >= 15 is 0 Å². The molecular weight excluding hydrogens is 256 g/mol. The molecule has 1 atom stereocenters. The average Bonchev–Trinajstić information content (AvgIpc) is 2.96. The second-order valence-electron chi connectivity index (χ2n) is 5.46. The fourth-order valence-corrected chi connectivity index (χ4v) is 2.41. The number of amidine groups is 1. The van der Waals surface area contributed by atoms with Gasteiger partial charge in [0.15, 0.2) is 5.84 Å². The van der Waals surface area contributed by atoms with Gasteiger partial charge >= 0.3 is 0 Å². The maximum Gasteiger partial charge on any atom is 0.272 e. The van der Waals surface area contributed by atoms with Gasteiger partial charge in [-0.1, -0.05) is 19.0 Å². The molecule has 1 aromatic rings. The summed E-state index contributed by atoms with van der Waals surface area (Å²) in [5.41, 5.74) is 6.34. The number of hydrogen-bond donors (Lipinski definition) is 2. The first-order valence-electron chi connectivity index (χ1n) is 6.76. The second kappa shape index (κ2) is 5.90. The molecule has 0 aromatic carbocycles. The van der Waals surface area contributed by atoms with Gasteiger partial charge in [-0.05, 0) is 30.4 Å². The molecule has 0 spiro atoms. The summed E-state index contributed by atoms with van der Waals surface area (Å²) in [5.74, 6) is 1.08. The monoisotopic (exact) mass is 276 g/mol. The summed E-state index contributed by atoms with van der Waals surface area (Å²) in [6.45, 7) is 5.94. The SMILES string of the molecule is CC(C)C1CCN(C(=O)c2ccc(/C(N)=N/O)cn2)C1. The summed E-state index contributed by atoms with van der Waals surface area (Å²) in [6.07, 6.45) is 2.49. The Morgan fingerprint density at radius 1 is 1.55 bits per heavy atom. The van der Waals surface area contributed by atoms with Crippen LogP contribution in [0.4, 0.5) is 0 Å². The molecule has 0 aliphatic carbocycles. The number of rotatable bonds is 3. The maximum atomic E-state index is 12.3. The summed E-state index contributed by atoms with van der Waals surface area (Å²) < 4.78 is 0. The van der Waals surface area contributed by atoms with Crippen molar-refractivity contribution in [3.05, 3.63) is 29.6 Å². The van der Waals surface area contributed by atoms with Crippen molar-refractivity contribution in [2.75, 3.05) is 13.1 Å². The molecule has 0 radical (unpaired) electrons. The van der Waals surface area contributed by atoms with Gasteiger partial charge in [0.05, 0.1) is 0 Å². The van der Waals surface area contributed by atoms with Crippen molar-refractivity contribution in [2.24, 2.45) is 22.7 Å². The molecule has 108 valence electrons. The minimum atomic E-state index is -0.0563. The highest BCUT2D eigenvalue weighted by Crippen LogP contribution is 2.24. The molecule has 3 N–H and O–H groups in total. The fourth-order valence-electron chi connectivity index (χ4n) is 2.41. The van der Waals surface area contributed by atoms with Gasteiger partial charge in [-0.3, -0.25) is 9.78 Å². The Hall–Kier alpha value is -2.11. The molecule has 2 heterocycles. The zero-order valence-electron chi connectivity index (χ0n) is 11.8. The average molecular weight is 276 g/mol. The number of amides is 1. The Labute approximate surface area is 118 Å². The third-order valence-corrected chi connectivity index (χ3v) is 3.84. The standard InChI is InChI=1S/C14H20N4O2/c1-9(2)11-5-6-18(8-11)14(19)12-4-3-10(7-16-12)13(15)17-20/h3-4,7,9,11,20H,5-6,8H2,1-2H3,(H2,15,17).